The van der Waals surface area contributed by atoms with Gasteiger partial charge in [-0.3, -0.25) is 4.79 Å². The summed E-state index contributed by atoms with van der Waals surface area (Å²) < 4.78 is 0. The van der Waals surface area contributed by atoms with Crippen LogP contribution >= 0.6 is 11.3 Å². The van der Waals surface area contributed by atoms with E-state index in [9.17, 15) is 4.79 Å². The summed E-state index contributed by atoms with van der Waals surface area (Å²) >= 11 is 1.63. The number of amides is 1. The number of aromatic nitrogens is 1. The molecule has 1 N–H and O–H groups in total. The zero-order chi connectivity index (χ0) is 17.2. The van der Waals surface area contributed by atoms with Crippen LogP contribution in [-0.2, 0) is 10.2 Å². The minimum absolute atomic E-state index is 0.0223. The third-order valence-corrected chi connectivity index (χ3v) is 4.89. The van der Waals surface area contributed by atoms with Crippen molar-refractivity contribution in [2.24, 2.45) is 0 Å². The van der Waals surface area contributed by atoms with Gasteiger partial charge in [-0.05, 0) is 38.5 Å². The third-order valence-electron chi connectivity index (χ3n) is 4.12. The van der Waals surface area contributed by atoms with Gasteiger partial charge in [-0.15, -0.1) is 11.3 Å². The normalized spacial score (nSPS) is 11.3. The molecule has 3 rings (SSSR count). The fraction of sp³-hybridized carbons (Fsp3) is 0.200. The Morgan fingerprint density at radius 2 is 1.71 bits per heavy atom. The zero-order valence-corrected chi connectivity index (χ0v) is 14.9. The van der Waals surface area contributed by atoms with Crippen LogP contribution in [0.1, 0.15) is 24.4 Å². The smallest absolute Gasteiger partial charge is 0.234 e. The maximum atomic E-state index is 12.7. The lowest BCUT2D eigenvalue weighted by Crippen LogP contribution is -2.34. The van der Waals surface area contributed by atoms with E-state index in [-0.39, 0.29) is 5.91 Å². The molecule has 3 nitrogen and oxygen atoms in total. The fourth-order valence-electron chi connectivity index (χ4n) is 2.49. The third kappa shape index (κ3) is 3.39. The summed E-state index contributed by atoms with van der Waals surface area (Å²) in [4.78, 5) is 17.2. The number of carbonyl (C=O) groups excluding carboxylic acids is 1. The second-order valence-electron chi connectivity index (χ2n) is 6.27. The molecule has 24 heavy (non-hydrogen) atoms. The molecule has 0 fully saturated rings. The summed E-state index contributed by atoms with van der Waals surface area (Å²) in [6, 6.07) is 17.6. The molecule has 122 valence electrons. The Morgan fingerprint density at radius 3 is 2.29 bits per heavy atom. The van der Waals surface area contributed by atoms with E-state index in [1.165, 1.54) is 0 Å². The summed E-state index contributed by atoms with van der Waals surface area (Å²) in [5.41, 5.74) is 3.22. The number of nitrogens with one attached hydrogen (secondary N) is 1. The Balaban J connectivity index is 1.75. The van der Waals surface area contributed by atoms with Crippen LogP contribution in [0.4, 0.5) is 5.69 Å². The number of nitrogens with zero attached hydrogens (tertiary/aromatic N) is 1. The summed E-state index contributed by atoms with van der Waals surface area (Å²) in [6.07, 6.45) is 0. The van der Waals surface area contributed by atoms with Crippen molar-refractivity contribution in [3.8, 4) is 11.3 Å². The molecule has 0 unspecified atom stereocenters. The van der Waals surface area contributed by atoms with Gasteiger partial charge in [-0.25, -0.2) is 4.98 Å². The monoisotopic (exact) mass is 336 g/mol. The lowest BCUT2D eigenvalue weighted by atomic mass is 9.83. The van der Waals surface area contributed by atoms with Crippen LogP contribution in [0.5, 0.6) is 0 Å². The summed E-state index contributed by atoms with van der Waals surface area (Å²) in [5, 5.41) is 6.10. The fourth-order valence-corrected chi connectivity index (χ4v) is 3.12. The molecular weight excluding hydrogens is 316 g/mol. The van der Waals surface area contributed by atoms with Gasteiger partial charge in [0.2, 0.25) is 5.91 Å². The first-order valence-corrected chi connectivity index (χ1v) is 8.74. The Hall–Kier alpha value is -2.46. The molecule has 0 aliphatic heterocycles. The molecule has 3 aromatic rings. The Morgan fingerprint density at radius 1 is 1.04 bits per heavy atom. The highest BCUT2D eigenvalue weighted by atomic mass is 32.1. The molecule has 2 aromatic carbocycles. The van der Waals surface area contributed by atoms with E-state index in [1.54, 1.807) is 11.3 Å². The number of benzene rings is 2. The zero-order valence-electron chi connectivity index (χ0n) is 14.0. The summed E-state index contributed by atoms with van der Waals surface area (Å²) in [7, 11) is 0. The summed E-state index contributed by atoms with van der Waals surface area (Å²) in [6.45, 7) is 5.86. The number of aryl methyl sites for hydroxylation is 1. The second kappa shape index (κ2) is 6.57. The first-order chi connectivity index (χ1) is 11.5. The van der Waals surface area contributed by atoms with Crippen LogP contribution in [0.25, 0.3) is 11.3 Å². The molecule has 0 aliphatic carbocycles. The molecule has 0 saturated carbocycles. The second-order valence-corrected chi connectivity index (χ2v) is 7.34. The first-order valence-electron chi connectivity index (χ1n) is 7.86. The molecule has 0 radical (unpaired) electrons. The molecule has 4 heteroatoms. The number of carbonyl (C=O) groups is 1. The SMILES string of the molecule is Cc1nc(-c2ccc(NC(=O)C(C)(C)c3ccccc3)cc2)cs1. The number of hydrogen-bond donors (Lipinski definition) is 1. The van der Waals surface area contributed by atoms with Gasteiger partial charge >= 0.3 is 0 Å². The highest BCUT2D eigenvalue weighted by Gasteiger charge is 2.29. The van der Waals surface area contributed by atoms with E-state index in [1.807, 2.05) is 80.7 Å². The minimum Gasteiger partial charge on any atom is -0.325 e. The van der Waals surface area contributed by atoms with Crippen LogP contribution in [-0.4, -0.2) is 10.9 Å². The lowest BCUT2D eigenvalue weighted by molar-refractivity contribution is -0.120. The lowest BCUT2D eigenvalue weighted by Gasteiger charge is -2.24. The summed E-state index contributed by atoms with van der Waals surface area (Å²) in [5.74, 6) is -0.0223. The minimum atomic E-state index is -0.591. The first kappa shape index (κ1) is 16.4. The maximum Gasteiger partial charge on any atom is 0.234 e. The molecule has 1 aromatic heterocycles. The van der Waals surface area contributed by atoms with Crippen LogP contribution < -0.4 is 5.32 Å². The van der Waals surface area contributed by atoms with Gasteiger partial charge in [-0.1, -0.05) is 42.5 Å². The number of rotatable bonds is 4. The predicted octanol–water partition coefficient (Wildman–Crippen LogP) is 5.03. The topological polar surface area (TPSA) is 42.0 Å². The average molecular weight is 336 g/mol. The van der Waals surface area contributed by atoms with Crippen molar-refractivity contribution in [3.05, 3.63) is 70.5 Å². The van der Waals surface area contributed by atoms with E-state index < -0.39 is 5.41 Å². The Bertz CT molecular complexity index is 836. The largest absolute Gasteiger partial charge is 0.325 e. The van der Waals surface area contributed by atoms with E-state index in [0.29, 0.717) is 0 Å². The van der Waals surface area contributed by atoms with E-state index in [2.05, 4.69) is 10.3 Å². The van der Waals surface area contributed by atoms with Crippen molar-refractivity contribution in [2.45, 2.75) is 26.2 Å². The van der Waals surface area contributed by atoms with Crippen LogP contribution in [0, 0.1) is 6.92 Å². The number of anilines is 1. The van der Waals surface area contributed by atoms with Crippen molar-refractivity contribution in [2.75, 3.05) is 5.32 Å². The standard InChI is InChI=1S/C20H20N2OS/c1-14-21-18(13-24-14)15-9-11-17(12-10-15)22-19(23)20(2,3)16-7-5-4-6-8-16/h4-13H,1-3H3,(H,22,23). The maximum absolute atomic E-state index is 12.7. The van der Waals surface area contributed by atoms with Gasteiger partial charge in [0.05, 0.1) is 16.1 Å². The molecule has 1 heterocycles. The van der Waals surface area contributed by atoms with Crippen LogP contribution in [0.3, 0.4) is 0 Å². The highest BCUT2D eigenvalue weighted by Crippen LogP contribution is 2.26. The van der Waals surface area contributed by atoms with Gasteiger partial charge in [0, 0.05) is 16.6 Å². The van der Waals surface area contributed by atoms with Gasteiger partial charge in [0.15, 0.2) is 0 Å². The van der Waals surface area contributed by atoms with Gasteiger partial charge in [-0.2, -0.15) is 0 Å². The van der Waals surface area contributed by atoms with E-state index in [0.717, 1.165) is 27.5 Å². The Labute approximate surface area is 146 Å². The average Bonchev–Trinajstić information content (AvgIpc) is 3.03. The number of thiazole rings is 1. The van der Waals surface area contributed by atoms with Crippen LogP contribution in [0.15, 0.2) is 60.0 Å². The molecule has 0 atom stereocenters. The molecular formula is C20H20N2OS. The molecule has 0 saturated heterocycles. The van der Waals surface area contributed by atoms with Gasteiger partial charge in [0.25, 0.3) is 0 Å². The highest BCUT2D eigenvalue weighted by molar-refractivity contribution is 7.09. The van der Waals surface area contributed by atoms with Crippen molar-refractivity contribution >= 4 is 22.9 Å². The van der Waals surface area contributed by atoms with Gasteiger partial charge in [0.1, 0.15) is 0 Å². The predicted molar refractivity (Wildman–Crippen MR) is 100 cm³/mol. The van der Waals surface area contributed by atoms with Crippen molar-refractivity contribution in [3.63, 3.8) is 0 Å². The van der Waals surface area contributed by atoms with Crippen molar-refractivity contribution < 1.29 is 4.79 Å². The molecule has 0 aliphatic rings. The quantitative estimate of drug-likeness (QED) is 0.725. The van der Waals surface area contributed by atoms with E-state index >= 15 is 0 Å². The molecule has 1 amide bonds. The van der Waals surface area contributed by atoms with Gasteiger partial charge < -0.3 is 5.32 Å². The molecule has 0 spiro atoms. The van der Waals surface area contributed by atoms with E-state index in [4.69, 9.17) is 0 Å². The van der Waals surface area contributed by atoms with Crippen LogP contribution in [0.2, 0.25) is 0 Å². The van der Waals surface area contributed by atoms with Crippen molar-refractivity contribution in [1.82, 2.24) is 4.98 Å². The molecule has 0 bridgehead atoms. The Kier molecular flexibility index (Phi) is 4.49. The number of hydrogen-bond acceptors (Lipinski definition) is 3. The van der Waals surface area contributed by atoms with Crippen molar-refractivity contribution in [1.29, 1.82) is 0 Å².